The third kappa shape index (κ3) is 5.51. The van der Waals surface area contributed by atoms with Gasteiger partial charge in [0.25, 0.3) is 0 Å². The zero-order valence-corrected chi connectivity index (χ0v) is 17.6. The number of hydrogen-bond donors (Lipinski definition) is 3. The smallest absolute Gasteiger partial charge is 0.247 e. The summed E-state index contributed by atoms with van der Waals surface area (Å²) in [5, 5.41) is 9.35. The van der Waals surface area contributed by atoms with Crippen molar-refractivity contribution in [2.75, 3.05) is 13.1 Å². The van der Waals surface area contributed by atoms with Gasteiger partial charge in [-0.2, -0.15) is 4.31 Å². The minimum atomic E-state index is -3.76. The number of rotatable bonds is 7. The molecule has 1 aliphatic heterocycles. The Morgan fingerprint density at radius 1 is 1.13 bits per heavy atom. The summed E-state index contributed by atoms with van der Waals surface area (Å²) in [5.41, 5.74) is 5.67. The Kier molecular flexibility index (Phi) is 7.33. The maximum absolute atomic E-state index is 13.1. The number of nitrogens with one attached hydrogen (secondary N) is 2. The van der Waals surface area contributed by atoms with Gasteiger partial charge in [0.2, 0.25) is 15.9 Å². The fraction of sp³-hybridized carbons (Fsp3) is 0.250. The second kappa shape index (κ2) is 9.94. The van der Waals surface area contributed by atoms with Crippen LogP contribution >= 0.6 is 11.6 Å². The maximum Gasteiger partial charge on any atom is 0.247 e. The molecule has 160 valence electrons. The molecule has 0 aliphatic carbocycles. The Morgan fingerprint density at radius 2 is 1.80 bits per heavy atom. The van der Waals surface area contributed by atoms with E-state index in [1.54, 1.807) is 48.7 Å². The molecule has 1 heterocycles. The fourth-order valence-electron chi connectivity index (χ4n) is 3.09. The first-order valence-electron chi connectivity index (χ1n) is 9.27. The molecule has 8 nitrogen and oxygen atoms in total. The van der Waals surface area contributed by atoms with E-state index in [4.69, 9.17) is 21.6 Å². The van der Waals surface area contributed by atoms with Crippen molar-refractivity contribution in [2.45, 2.75) is 24.2 Å². The predicted octanol–water partition coefficient (Wildman–Crippen LogP) is 2.64. The number of carbonyl (C=O) groups excluding carboxylic acids is 1. The van der Waals surface area contributed by atoms with Gasteiger partial charge in [0.15, 0.2) is 5.75 Å². The molecule has 0 spiro atoms. The van der Waals surface area contributed by atoms with Gasteiger partial charge in [-0.05, 0) is 54.3 Å². The van der Waals surface area contributed by atoms with E-state index in [1.165, 1.54) is 15.9 Å². The number of amides is 1. The molecule has 1 aliphatic rings. The third-order valence-corrected chi connectivity index (χ3v) is 6.94. The number of carbonyl (C=O) groups is 1. The second-order valence-corrected chi connectivity index (χ2v) is 9.04. The highest BCUT2D eigenvalue weighted by molar-refractivity contribution is 7.89. The molecular weight excluding hydrogens is 430 g/mol. The molecule has 3 rings (SSSR count). The minimum absolute atomic E-state index is 0.0743. The summed E-state index contributed by atoms with van der Waals surface area (Å²) in [6, 6.07) is 13.2. The van der Waals surface area contributed by atoms with Crippen LogP contribution in [0.4, 0.5) is 0 Å². The molecule has 30 heavy (non-hydrogen) atoms. The lowest BCUT2D eigenvalue weighted by Crippen LogP contribution is -2.37. The van der Waals surface area contributed by atoms with Crippen molar-refractivity contribution in [3.8, 4) is 5.75 Å². The molecule has 2 aromatic rings. The number of hydrogen-bond acceptors (Lipinski definition) is 6. The molecule has 0 aromatic heterocycles. The molecule has 1 amide bonds. The third-order valence-electron chi connectivity index (χ3n) is 4.68. The summed E-state index contributed by atoms with van der Waals surface area (Å²) < 4.78 is 27.5. The average molecular weight is 452 g/mol. The van der Waals surface area contributed by atoms with Gasteiger partial charge in [-0.25, -0.2) is 19.4 Å². The Labute approximate surface area is 180 Å². The average Bonchev–Trinajstić information content (AvgIpc) is 2.75. The monoisotopic (exact) mass is 451 g/mol. The van der Waals surface area contributed by atoms with E-state index in [9.17, 15) is 13.2 Å². The van der Waals surface area contributed by atoms with Crippen molar-refractivity contribution < 1.29 is 23.3 Å². The van der Waals surface area contributed by atoms with Crippen LogP contribution in [0, 0.1) is 0 Å². The zero-order valence-electron chi connectivity index (χ0n) is 16.0. The summed E-state index contributed by atoms with van der Waals surface area (Å²) in [4.78, 5) is 17.0. The lowest BCUT2D eigenvalue weighted by molar-refractivity contribution is -0.128. The number of benzene rings is 2. The molecule has 0 radical (unpaired) electrons. The van der Waals surface area contributed by atoms with Crippen LogP contribution in [0.3, 0.4) is 0 Å². The Morgan fingerprint density at radius 3 is 2.47 bits per heavy atom. The zero-order chi connectivity index (χ0) is 21.6. The van der Waals surface area contributed by atoms with Gasteiger partial charge in [-0.15, -0.1) is 0 Å². The molecule has 10 heteroatoms. The summed E-state index contributed by atoms with van der Waals surface area (Å²) >= 11 is 5.83. The van der Waals surface area contributed by atoms with E-state index in [0.717, 1.165) is 5.57 Å². The minimum Gasteiger partial charge on any atom is -0.383 e. The molecule has 0 unspecified atom stereocenters. The number of hydroxylamine groups is 2. The van der Waals surface area contributed by atoms with Gasteiger partial charge >= 0.3 is 0 Å². The van der Waals surface area contributed by atoms with Crippen LogP contribution in [0.2, 0.25) is 5.02 Å². The van der Waals surface area contributed by atoms with E-state index < -0.39 is 15.9 Å². The van der Waals surface area contributed by atoms with Gasteiger partial charge in [0.1, 0.15) is 0 Å². The van der Waals surface area contributed by atoms with Gasteiger partial charge in [0, 0.05) is 24.3 Å². The van der Waals surface area contributed by atoms with Crippen LogP contribution in [0.15, 0.2) is 65.2 Å². The standard InChI is InChI=1S/C20H22ClN3O5S/c21-17-5-7-18(8-6-17)29-22-14-15-9-11-24(12-10-15)30(27,28)19-4-2-1-3-16(19)13-20(25)23-26/h1-8,14,22,26H,9-13H2,(H,23,25). The van der Waals surface area contributed by atoms with Crippen LogP contribution in [0.5, 0.6) is 5.75 Å². The van der Waals surface area contributed by atoms with Crippen LogP contribution in [0.1, 0.15) is 18.4 Å². The van der Waals surface area contributed by atoms with Crippen LogP contribution in [0.25, 0.3) is 0 Å². The van der Waals surface area contributed by atoms with Crippen molar-refractivity contribution in [3.05, 3.63) is 70.9 Å². The highest BCUT2D eigenvalue weighted by Crippen LogP contribution is 2.25. The Hall–Kier alpha value is -2.59. The molecule has 0 bridgehead atoms. The summed E-state index contributed by atoms with van der Waals surface area (Å²) in [7, 11) is -3.76. The first kappa shape index (κ1) is 22.1. The lowest BCUT2D eigenvalue weighted by atomic mass is 10.1. The largest absolute Gasteiger partial charge is 0.383 e. The normalized spacial score (nSPS) is 14.8. The summed E-state index contributed by atoms with van der Waals surface area (Å²) in [6.45, 7) is 0.634. The maximum atomic E-state index is 13.1. The quantitative estimate of drug-likeness (QED) is 0.441. The number of sulfonamides is 1. The van der Waals surface area contributed by atoms with Crippen molar-refractivity contribution in [3.63, 3.8) is 0 Å². The van der Waals surface area contributed by atoms with Crippen LogP contribution in [-0.2, 0) is 21.2 Å². The highest BCUT2D eigenvalue weighted by Gasteiger charge is 2.29. The number of halogens is 1. The second-order valence-electron chi connectivity index (χ2n) is 6.70. The molecule has 3 N–H and O–H groups in total. The van der Waals surface area contributed by atoms with E-state index >= 15 is 0 Å². The summed E-state index contributed by atoms with van der Waals surface area (Å²) in [5.74, 6) is -0.0620. The van der Waals surface area contributed by atoms with Crippen LogP contribution in [-0.4, -0.2) is 36.9 Å². The van der Waals surface area contributed by atoms with Crippen molar-refractivity contribution in [2.24, 2.45) is 0 Å². The molecule has 0 atom stereocenters. The van der Waals surface area contributed by atoms with Crippen LogP contribution < -0.4 is 15.8 Å². The molecule has 2 aromatic carbocycles. The molecular formula is C20H22ClN3O5S. The Balaban J connectivity index is 1.61. The van der Waals surface area contributed by atoms with Gasteiger partial charge in [0.05, 0.1) is 11.3 Å². The van der Waals surface area contributed by atoms with E-state index in [-0.39, 0.29) is 11.3 Å². The van der Waals surface area contributed by atoms with Crippen molar-refractivity contribution in [1.82, 2.24) is 15.3 Å². The first-order chi connectivity index (χ1) is 14.4. The van der Waals surface area contributed by atoms with E-state index in [1.807, 2.05) is 0 Å². The van der Waals surface area contributed by atoms with E-state index in [2.05, 4.69) is 5.48 Å². The van der Waals surface area contributed by atoms with E-state index in [0.29, 0.717) is 42.3 Å². The van der Waals surface area contributed by atoms with Gasteiger partial charge in [-0.3, -0.25) is 10.0 Å². The molecule has 1 fully saturated rings. The predicted molar refractivity (Wildman–Crippen MR) is 111 cm³/mol. The van der Waals surface area contributed by atoms with Gasteiger partial charge in [-0.1, -0.05) is 29.8 Å². The first-order valence-corrected chi connectivity index (χ1v) is 11.1. The van der Waals surface area contributed by atoms with Crippen molar-refractivity contribution >= 4 is 27.5 Å². The lowest BCUT2D eigenvalue weighted by Gasteiger charge is -2.28. The molecule has 1 saturated heterocycles. The summed E-state index contributed by atoms with van der Waals surface area (Å²) in [6.07, 6.45) is 2.61. The topological polar surface area (TPSA) is 108 Å². The van der Waals surface area contributed by atoms with Gasteiger partial charge < -0.3 is 4.84 Å². The Bertz CT molecular complexity index is 1010. The number of nitrogens with zero attached hydrogens (tertiary/aromatic N) is 1. The fourth-order valence-corrected chi connectivity index (χ4v) is 4.88. The SMILES string of the molecule is O=C(Cc1ccccc1S(=O)(=O)N1CCC(=CNOc2ccc(Cl)cc2)CC1)NO. The highest BCUT2D eigenvalue weighted by atomic mass is 35.5. The van der Waals surface area contributed by atoms with Crippen molar-refractivity contribution in [1.29, 1.82) is 0 Å². The number of piperidine rings is 1. The molecule has 0 saturated carbocycles.